The molecule has 0 saturated carbocycles. The number of fused-ring (bicyclic) bond motifs is 1. The molecule has 0 radical (unpaired) electrons. The fourth-order valence-electron chi connectivity index (χ4n) is 2.79. The van der Waals surface area contributed by atoms with E-state index in [-0.39, 0.29) is 5.91 Å². The molecule has 0 unspecified atom stereocenters. The highest BCUT2D eigenvalue weighted by Crippen LogP contribution is 2.30. The molecular weight excluding hydrogens is 342 g/mol. The van der Waals surface area contributed by atoms with Crippen molar-refractivity contribution in [2.75, 3.05) is 32.1 Å². The standard InChI is InChI=1S/C21H25N3OS/c1-16-9-11-18-19(15-16)26-21(22-18)24(14-13-23(2)3)20(25)12-10-17-7-5-4-6-8-17/h4-9,11,15H,10,12-14H2,1-3H3. The number of carbonyl (C=O) groups is 1. The van der Waals surface area contributed by atoms with Gasteiger partial charge in [0.05, 0.1) is 10.2 Å². The minimum Gasteiger partial charge on any atom is -0.308 e. The van der Waals surface area contributed by atoms with E-state index in [0.29, 0.717) is 13.0 Å². The molecular formula is C21H25N3OS. The molecule has 3 rings (SSSR count). The number of aromatic nitrogens is 1. The maximum absolute atomic E-state index is 12.9. The zero-order chi connectivity index (χ0) is 18.5. The normalized spacial score (nSPS) is 11.2. The van der Waals surface area contributed by atoms with Crippen molar-refractivity contribution in [2.45, 2.75) is 19.8 Å². The van der Waals surface area contributed by atoms with Crippen molar-refractivity contribution in [3.63, 3.8) is 0 Å². The number of hydrogen-bond acceptors (Lipinski definition) is 4. The Labute approximate surface area is 159 Å². The number of benzene rings is 2. The third kappa shape index (κ3) is 4.68. The number of hydrogen-bond donors (Lipinski definition) is 0. The molecule has 1 amide bonds. The number of anilines is 1. The number of likely N-dealkylation sites (N-methyl/N-ethyl adjacent to an activating group) is 1. The Morgan fingerprint density at radius 1 is 1.08 bits per heavy atom. The van der Waals surface area contributed by atoms with E-state index >= 15 is 0 Å². The molecule has 5 heteroatoms. The maximum atomic E-state index is 12.9. The van der Waals surface area contributed by atoms with E-state index in [1.807, 2.05) is 43.3 Å². The fraction of sp³-hybridized carbons (Fsp3) is 0.333. The van der Waals surface area contributed by atoms with Gasteiger partial charge in [0.15, 0.2) is 5.13 Å². The van der Waals surface area contributed by atoms with Gasteiger partial charge in [-0.1, -0.05) is 47.7 Å². The smallest absolute Gasteiger partial charge is 0.229 e. The van der Waals surface area contributed by atoms with Crippen LogP contribution in [0.1, 0.15) is 17.5 Å². The third-order valence-corrected chi connectivity index (χ3v) is 5.35. The van der Waals surface area contributed by atoms with Gasteiger partial charge in [0.2, 0.25) is 5.91 Å². The summed E-state index contributed by atoms with van der Waals surface area (Å²) >= 11 is 1.60. The van der Waals surface area contributed by atoms with E-state index in [1.165, 1.54) is 11.1 Å². The lowest BCUT2D eigenvalue weighted by Crippen LogP contribution is -2.36. The monoisotopic (exact) mass is 367 g/mol. The number of rotatable bonds is 7. The zero-order valence-corrected chi connectivity index (χ0v) is 16.4. The molecule has 2 aromatic carbocycles. The first-order valence-electron chi connectivity index (χ1n) is 8.89. The molecule has 1 heterocycles. The van der Waals surface area contributed by atoms with Gasteiger partial charge in [-0.15, -0.1) is 0 Å². The van der Waals surface area contributed by atoms with Crippen LogP contribution < -0.4 is 4.90 Å². The summed E-state index contributed by atoms with van der Waals surface area (Å²) < 4.78 is 1.13. The molecule has 0 aliphatic rings. The average Bonchev–Trinajstić information content (AvgIpc) is 3.03. The first kappa shape index (κ1) is 18.5. The molecule has 4 nitrogen and oxygen atoms in total. The van der Waals surface area contributed by atoms with E-state index in [2.05, 4.69) is 36.1 Å². The summed E-state index contributed by atoms with van der Waals surface area (Å²) in [6.45, 7) is 3.54. The topological polar surface area (TPSA) is 36.4 Å². The number of amides is 1. The Hall–Kier alpha value is -2.24. The molecule has 0 aliphatic heterocycles. The Kier molecular flexibility index (Phi) is 6.01. The van der Waals surface area contributed by atoms with Crippen LogP contribution in [-0.4, -0.2) is 43.0 Å². The van der Waals surface area contributed by atoms with Gasteiger partial charge >= 0.3 is 0 Å². The molecule has 3 aromatic rings. The number of thiazole rings is 1. The van der Waals surface area contributed by atoms with Crippen LogP contribution in [0.3, 0.4) is 0 Å². The van der Waals surface area contributed by atoms with E-state index < -0.39 is 0 Å². The van der Waals surface area contributed by atoms with Crippen LogP contribution in [0.5, 0.6) is 0 Å². The predicted molar refractivity (Wildman–Crippen MR) is 110 cm³/mol. The minimum absolute atomic E-state index is 0.131. The third-order valence-electron chi connectivity index (χ3n) is 4.31. The predicted octanol–water partition coefficient (Wildman–Crippen LogP) is 4.13. The Morgan fingerprint density at radius 3 is 2.58 bits per heavy atom. The van der Waals surface area contributed by atoms with Crippen molar-refractivity contribution in [3.05, 3.63) is 59.7 Å². The van der Waals surface area contributed by atoms with E-state index in [0.717, 1.165) is 28.3 Å². The van der Waals surface area contributed by atoms with Gasteiger partial charge in [-0.2, -0.15) is 0 Å². The molecule has 0 saturated heterocycles. The SMILES string of the molecule is Cc1ccc2nc(N(CCN(C)C)C(=O)CCc3ccccc3)sc2c1. The van der Waals surface area contributed by atoms with Crippen LogP contribution in [-0.2, 0) is 11.2 Å². The molecule has 0 bridgehead atoms. The quantitative estimate of drug-likeness (QED) is 0.630. The highest BCUT2D eigenvalue weighted by atomic mass is 32.1. The second-order valence-corrected chi connectivity index (χ2v) is 7.81. The van der Waals surface area contributed by atoms with Crippen LogP contribution in [0, 0.1) is 6.92 Å². The number of carbonyl (C=O) groups excluding carboxylic acids is 1. The van der Waals surface area contributed by atoms with Crippen LogP contribution in [0.2, 0.25) is 0 Å². The Bertz CT molecular complexity index is 873. The van der Waals surface area contributed by atoms with Gasteiger partial charge in [-0.05, 0) is 50.7 Å². The van der Waals surface area contributed by atoms with Crippen molar-refractivity contribution in [3.8, 4) is 0 Å². The largest absolute Gasteiger partial charge is 0.308 e. The summed E-state index contributed by atoms with van der Waals surface area (Å²) in [5, 5.41) is 0.797. The zero-order valence-electron chi connectivity index (χ0n) is 15.6. The van der Waals surface area contributed by atoms with Crippen molar-refractivity contribution in [1.29, 1.82) is 0 Å². The van der Waals surface area contributed by atoms with E-state index in [9.17, 15) is 4.79 Å². The molecule has 0 spiro atoms. The van der Waals surface area contributed by atoms with Gasteiger partial charge in [-0.3, -0.25) is 9.69 Å². The number of nitrogens with zero attached hydrogens (tertiary/aromatic N) is 3. The summed E-state index contributed by atoms with van der Waals surface area (Å²) in [4.78, 5) is 21.6. The second kappa shape index (κ2) is 8.43. The average molecular weight is 368 g/mol. The Balaban J connectivity index is 1.79. The van der Waals surface area contributed by atoms with Crippen molar-refractivity contribution in [1.82, 2.24) is 9.88 Å². The fourth-order valence-corrected chi connectivity index (χ4v) is 3.90. The second-order valence-electron chi connectivity index (χ2n) is 6.80. The summed E-state index contributed by atoms with van der Waals surface area (Å²) in [6.07, 6.45) is 1.24. The van der Waals surface area contributed by atoms with Gasteiger partial charge in [-0.25, -0.2) is 4.98 Å². The van der Waals surface area contributed by atoms with Crippen LogP contribution in [0.4, 0.5) is 5.13 Å². The number of aryl methyl sites for hydroxylation is 2. The van der Waals surface area contributed by atoms with Crippen molar-refractivity contribution < 1.29 is 4.79 Å². The van der Waals surface area contributed by atoms with E-state index in [4.69, 9.17) is 4.98 Å². The molecule has 0 aliphatic carbocycles. The molecule has 136 valence electrons. The molecule has 0 fully saturated rings. The summed E-state index contributed by atoms with van der Waals surface area (Å²) in [5.74, 6) is 0.131. The maximum Gasteiger partial charge on any atom is 0.229 e. The van der Waals surface area contributed by atoms with Crippen molar-refractivity contribution >= 4 is 32.6 Å². The summed E-state index contributed by atoms with van der Waals surface area (Å²) in [6, 6.07) is 16.4. The molecule has 26 heavy (non-hydrogen) atoms. The minimum atomic E-state index is 0.131. The van der Waals surface area contributed by atoms with Crippen molar-refractivity contribution in [2.24, 2.45) is 0 Å². The lowest BCUT2D eigenvalue weighted by molar-refractivity contribution is -0.118. The summed E-state index contributed by atoms with van der Waals surface area (Å²) in [5.41, 5.74) is 3.36. The first-order valence-corrected chi connectivity index (χ1v) is 9.71. The lowest BCUT2D eigenvalue weighted by Gasteiger charge is -2.22. The molecule has 1 aromatic heterocycles. The Morgan fingerprint density at radius 2 is 1.85 bits per heavy atom. The molecule has 0 atom stereocenters. The van der Waals surface area contributed by atoms with Gasteiger partial charge in [0, 0.05) is 19.5 Å². The van der Waals surface area contributed by atoms with Crippen LogP contribution in [0.25, 0.3) is 10.2 Å². The van der Waals surface area contributed by atoms with Gasteiger partial charge in [0.1, 0.15) is 0 Å². The highest BCUT2D eigenvalue weighted by Gasteiger charge is 2.19. The first-order chi connectivity index (χ1) is 12.5. The van der Waals surface area contributed by atoms with Gasteiger partial charge < -0.3 is 4.90 Å². The summed E-state index contributed by atoms with van der Waals surface area (Å²) in [7, 11) is 4.04. The van der Waals surface area contributed by atoms with Crippen LogP contribution in [0.15, 0.2) is 48.5 Å². The van der Waals surface area contributed by atoms with E-state index in [1.54, 1.807) is 11.3 Å². The van der Waals surface area contributed by atoms with Crippen LogP contribution >= 0.6 is 11.3 Å². The molecule has 0 N–H and O–H groups in total. The lowest BCUT2D eigenvalue weighted by atomic mass is 10.1. The highest BCUT2D eigenvalue weighted by molar-refractivity contribution is 7.22. The van der Waals surface area contributed by atoms with Gasteiger partial charge in [0.25, 0.3) is 0 Å².